The summed E-state index contributed by atoms with van der Waals surface area (Å²) < 4.78 is 29.3. The summed E-state index contributed by atoms with van der Waals surface area (Å²) in [6, 6.07) is 11.8. The molecular weight excluding hydrogens is 462 g/mol. The minimum absolute atomic E-state index is 0.242. The highest BCUT2D eigenvalue weighted by Crippen LogP contribution is 2.30. The van der Waals surface area contributed by atoms with Crippen molar-refractivity contribution in [1.82, 2.24) is 14.9 Å². The van der Waals surface area contributed by atoms with Gasteiger partial charge in [-0.25, -0.2) is 13.4 Å². The average Bonchev–Trinajstić information content (AvgIpc) is 2.79. The monoisotopic (exact) mass is 495 g/mol. The van der Waals surface area contributed by atoms with Gasteiger partial charge in [0.15, 0.2) is 15.7 Å². The zero-order valence-electron chi connectivity index (χ0n) is 20.7. The molecule has 4 rings (SSSR count). The number of rotatable bonds is 7. The predicted molar refractivity (Wildman–Crippen MR) is 139 cm³/mol. The lowest BCUT2D eigenvalue weighted by Crippen LogP contribution is -2.38. The lowest BCUT2D eigenvalue weighted by molar-refractivity contribution is 0.211. The van der Waals surface area contributed by atoms with Gasteiger partial charge >= 0.3 is 6.01 Å². The Balaban J connectivity index is 1.35. The molecule has 1 aromatic heterocycles. The van der Waals surface area contributed by atoms with Crippen LogP contribution in [-0.2, 0) is 16.4 Å². The Kier molecular flexibility index (Phi) is 7.28. The Bertz CT molecular complexity index is 1280. The van der Waals surface area contributed by atoms with E-state index in [-0.39, 0.29) is 12.1 Å². The van der Waals surface area contributed by atoms with Gasteiger partial charge in [0.1, 0.15) is 5.75 Å². The zero-order valence-corrected chi connectivity index (χ0v) is 21.5. The van der Waals surface area contributed by atoms with Crippen molar-refractivity contribution in [2.24, 2.45) is 0 Å². The molecular formula is C26H33N5O3S. The zero-order chi connectivity index (χ0) is 25.2. The summed E-state index contributed by atoms with van der Waals surface area (Å²) in [5, 5.41) is 3.47. The van der Waals surface area contributed by atoms with Crippen molar-refractivity contribution in [3.05, 3.63) is 64.8 Å². The van der Waals surface area contributed by atoms with Crippen LogP contribution in [0.3, 0.4) is 0 Å². The number of hydrogen-bond acceptors (Lipinski definition) is 8. The van der Waals surface area contributed by atoms with Crippen molar-refractivity contribution in [3.8, 4) is 11.8 Å². The molecule has 0 radical (unpaired) electrons. The molecule has 8 nitrogen and oxygen atoms in total. The number of anilines is 2. The lowest BCUT2D eigenvalue weighted by Gasteiger charge is -2.32. The van der Waals surface area contributed by atoms with Crippen molar-refractivity contribution < 1.29 is 13.2 Å². The molecule has 0 saturated carbocycles. The second-order valence-corrected chi connectivity index (χ2v) is 11.4. The van der Waals surface area contributed by atoms with Crippen molar-refractivity contribution in [2.45, 2.75) is 51.1 Å². The fraction of sp³-hybridized carbons (Fsp3) is 0.385. The minimum atomic E-state index is -3.17. The molecule has 0 atom stereocenters. The van der Waals surface area contributed by atoms with Crippen LogP contribution in [0.15, 0.2) is 47.5 Å². The van der Waals surface area contributed by atoms with Crippen LogP contribution in [-0.4, -0.2) is 48.7 Å². The van der Waals surface area contributed by atoms with Crippen LogP contribution in [0.1, 0.15) is 35.1 Å². The maximum absolute atomic E-state index is 11.7. The second-order valence-electron chi connectivity index (χ2n) is 9.40. The van der Waals surface area contributed by atoms with E-state index in [1.165, 1.54) is 11.8 Å². The molecule has 0 amide bonds. The van der Waals surface area contributed by atoms with Gasteiger partial charge in [0.25, 0.3) is 0 Å². The van der Waals surface area contributed by atoms with Crippen LogP contribution in [0, 0.1) is 20.8 Å². The van der Waals surface area contributed by atoms with Crippen LogP contribution in [0.4, 0.5) is 11.5 Å². The number of nitrogens with one attached hydrogen (secondary N) is 1. The molecule has 1 fully saturated rings. The first kappa shape index (κ1) is 24.9. The van der Waals surface area contributed by atoms with E-state index >= 15 is 0 Å². The average molecular weight is 496 g/mol. The van der Waals surface area contributed by atoms with Gasteiger partial charge in [-0.3, -0.25) is 4.90 Å². The maximum Gasteiger partial charge on any atom is 0.324 e. The summed E-state index contributed by atoms with van der Waals surface area (Å²) in [6.45, 7) is 8.72. The highest BCUT2D eigenvalue weighted by molar-refractivity contribution is 7.90. The van der Waals surface area contributed by atoms with Crippen LogP contribution >= 0.6 is 0 Å². The molecule has 1 saturated heterocycles. The molecule has 1 aliphatic rings. The van der Waals surface area contributed by atoms with Crippen LogP contribution in [0.25, 0.3) is 0 Å². The Morgan fingerprint density at radius 1 is 1.09 bits per heavy atom. The third-order valence-corrected chi connectivity index (χ3v) is 7.41. The van der Waals surface area contributed by atoms with Gasteiger partial charge in [-0.1, -0.05) is 29.8 Å². The summed E-state index contributed by atoms with van der Waals surface area (Å²) >= 11 is 0. The molecule has 2 heterocycles. The van der Waals surface area contributed by atoms with E-state index in [4.69, 9.17) is 10.5 Å². The third-order valence-electron chi connectivity index (χ3n) is 6.28. The minimum Gasteiger partial charge on any atom is -0.424 e. The number of nitrogen functional groups attached to an aromatic ring is 1. The topological polar surface area (TPSA) is 110 Å². The molecule has 0 spiro atoms. The van der Waals surface area contributed by atoms with Gasteiger partial charge in [0.2, 0.25) is 0 Å². The van der Waals surface area contributed by atoms with E-state index < -0.39 is 9.84 Å². The molecule has 35 heavy (non-hydrogen) atoms. The summed E-state index contributed by atoms with van der Waals surface area (Å²) in [6.07, 6.45) is 4.69. The summed E-state index contributed by atoms with van der Waals surface area (Å²) in [4.78, 5) is 11.5. The molecule has 2 aromatic carbocycles. The number of benzene rings is 2. The molecule has 0 unspecified atom stereocenters. The maximum atomic E-state index is 11.7. The standard InChI is InChI=1S/C26H33N5O3S/c1-17-13-18(2)24(19(3)14-17)34-26-28-15-23(27)25(30-26)29-21-9-11-31(12-10-21)16-20-5-7-22(8-6-20)35(4,32)33/h5-8,13-15,21H,9-12,16,27H2,1-4H3,(H,28,29,30). The van der Waals surface area contributed by atoms with Crippen molar-refractivity contribution in [1.29, 1.82) is 0 Å². The highest BCUT2D eigenvalue weighted by atomic mass is 32.2. The van der Waals surface area contributed by atoms with Crippen LogP contribution in [0.2, 0.25) is 0 Å². The summed E-state index contributed by atoms with van der Waals surface area (Å²) in [5.74, 6) is 1.36. The number of nitrogens with zero attached hydrogens (tertiary/aromatic N) is 3. The first-order chi connectivity index (χ1) is 16.6. The number of sulfone groups is 1. The molecule has 0 aliphatic carbocycles. The van der Waals surface area contributed by atoms with Gasteiger partial charge in [0.05, 0.1) is 16.8 Å². The van der Waals surface area contributed by atoms with Gasteiger partial charge in [-0.15, -0.1) is 0 Å². The fourth-order valence-corrected chi connectivity index (χ4v) is 5.12. The number of likely N-dealkylation sites (tertiary alicyclic amines) is 1. The van der Waals surface area contributed by atoms with E-state index in [0.29, 0.717) is 16.4 Å². The summed E-state index contributed by atoms with van der Waals surface area (Å²) in [7, 11) is -3.17. The number of piperidine rings is 1. The van der Waals surface area contributed by atoms with Gasteiger partial charge in [-0.05, 0) is 62.4 Å². The van der Waals surface area contributed by atoms with Crippen molar-refractivity contribution in [3.63, 3.8) is 0 Å². The highest BCUT2D eigenvalue weighted by Gasteiger charge is 2.21. The van der Waals surface area contributed by atoms with E-state index in [1.807, 2.05) is 26.0 Å². The van der Waals surface area contributed by atoms with E-state index in [0.717, 1.165) is 54.9 Å². The van der Waals surface area contributed by atoms with E-state index in [1.54, 1.807) is 18.3 Å². The quantitative estimate of drug-likeness (QED) is 0.500. The first-order valence-corrected chi connectivity index (χ1v) is 13.6. The molecule has 3 N–H and O–H groups in total. The SMILES string of the molecule is Cc1cc(C)c(Oc2ncc(N)c(NC3CCN(Cc4ccc(S(C)(=O)=O)cc4)CC3)n2)c(C)c1. The number of nitrogens with two attached hydrogens (primary N) is 1. The van der Waals surface area contributed by atoms with Crippen LogP contribution in [0.5, 0.6) is 11.8 Å². The number of aromatic nitrogens is 2. The predicted octanol–water partition coefficient (Wildman–Crippen LogP) is 4.26. The second kappa shape index (κ2) is 10.2. The van der Waals surface area contributed by atoms with Gasteiger partial charge in [0, 0.05) is 31.9 Å². The summed E-state index contributed by atoms with van der Waals surface area (Å²) in [5.41, 5.74) is 11.0. The number of aryl methyl sites for hydroxylation is 3. The van der Waals surface area contributed by atoms with Crippen LogP contribution < -0.4 is 15.8 Å². The smallest absolute Gasteiger partial charge is 0.324 e. The fourth-order valence-electron chi connectivity index (χ4n) is 4.49. The molecule has 9 heteroatoms. The van der Waals surface area contributed by atoms with Crippen molar-refractivity contribution >= 4 is 21.3 Å². The molecule has 0 bridgehead atoms. The lowest BCUT2D eigenvalue weighted by atomic mass is 10.0. The number of ether oxygens (including phenoxy) is 1. The van der Waals surface area contributed by atoms with E-state index in [9.17, 15) is 8.42 Å². The van der Waals surface area contributed by atoms with Gasteiger partial charge in [-0.2, -0.15) is 4.98 Å². The number of hydrogen-bond donors (Lipinski definition) is 2. The molecule has 186 valence electrons. The third kappa shape index (κ3) is 6.29. The Morgan fingerprint density at radius 3 is 2.31 bits per heavy atom. The first-order valence-electron chi connectivity index (χ1n) is 11.7. The Hall–Kier alpha value is -3.17. The van der Waals surface area contributed by atoms with Crippen molar-refractivity contribution in [2.75, 3.05) is 30.4 Å². The Labute approximate surface area is 207 Å². The largest absolute Gasteiger partial charge is 0.424 e. The molecule has 1 aliphatic heterocycles. The molecule has 3 aromatic rings. The van der Waals surface area contributed by atoms with Gasteiger partial charge < -0.3 is 15.8 Å². The Morgan fingerprint density at radius 2 is 1.71 bits per heavy atom. The van der Waals surface area contributed by atoms with E-state index in [2.05, 4.69) is 39.2 Å². The normalized spacial score (nSPS) is 15.2.